The molecule has 0 bridgehead atoms. The van der Waals surface area contributed by atoms with Crippen LogP contribution in [0.2, 0.25) is 0 Å². The number of halogens is 1. The Balaban J connectivity index is 2.29. The lowest BCUT2D eigenvalue weighted by atomic mass is 10.0. The lowest BCUT2D eigenvalue weighted by Gasteiger charge is -2.08. The van der Waals surface area contributed by atoms with E-state index in [1.807, 2.05) is 0 Å². The molecule has 0 aliphatic carbocycles. The Hall–Kier alpha value is -1.60. The quantitative estimate of drug-likeness (QED) is 0.632. The predicted octanol–water partition coefficient (Wildman–Crippen LogP) is 1.99. The molecule has 0 aromatic heterocycles. The van der Waals surface area contributed by atoms with Gasteiger partial charge >= 0.3 is 5.97 Å². The highest BCUT2D eigenvalue weighted by atomic mass is 35.7. The van der Waals surface area contributed by atoms with Crippen LogP contribution in [0.1, 0.15) is 35.2 Å². The Morgan fingerprint density at radius 2 is 2.00 bits per heavy atom. The van der Waals surface area contributed by atoms with Gasteiger partial charge in [0.15, 0.2) is 5.78 Å². The summed E-state index contributed by atoms with van der Waals surface area (Å²) in [5.74, 6) is -1.09. The molecule has 0 spiro atoms. The molecule has 114 valence electrons. The number of carbonyl (C=O) groups is 2. The van der Waals surface area contributed by atoms with Crippen molar-refractivity contribution in [2.75, 3.05) is 6.61 Å². The number of benzene rings is 1. The van der Waals surface area contributed by atoms with Gasteiger partial charge in [-0.15, -0.1) is 0 Å². The molecule has 0 saturated heterocycles. The van der Waals surface area contributed by atoms with E-state index in [1.54, 1.807) is 6.07 Å². The van der Waals surface area contributed by atoms with Crippen molar-refractivity contribution in [2.45, 2.75) is 30.6 Å². The van der Waals surface area contributed by atoms with E-state index in [-0.39, 0.29) is 41.3 Å². The van der Waals surface area contributed by atoms with Gasteiger partial charge in [-0.2, -0.15) is 0 Å². The van der Waals surface area contributed by atoms with Crippen molar-refractivity contribution in [1.29, 1.82) is 0 Å². The van der Waals surface area contributed by atoms with Gasteiger partial charge < -0.3 is 9.84 Å². The predicted molar refractivity (Wildman–Crippen MR) is 74.5 cm³/mol. The highest BCUT2D eigenvalue weighted by Crippen LogP contribution is 2.36. The van der Waals surface area contributed by atoms with Gasteiger partial charge in [-0.3, -0.25) is 9.59 Å². The molecular formula is C13H13ClO6S. The maximum atomic E-state index is 12.0. The standard InChI is InChI=1S/C13H13ClO6S/c14-21(18,19)11-7-9(6-8-4-5-20-13(8)11)10(15)2-1-3-12(16)17/h6-7H,1-5H2,(H,16,17). The smallest absolute Gasteiger partial charge is 0.303 e. The Kier molecular flexibility index (Phi) is 4.53. The molecule has 0 saturated carbocycles. The van der Waals surface area contributed by atoms with Gasteiger partial charge in [-0.25, -0.2) is 8.42 Å². The molecule has 0 amide bonds. The molecule has 0 fully saturated rings. The average Bonchev–Trinajstić information content (AvgIpc) is 2.83. The van der Waals surface area contributed by atoms with Crippen LogP contribution in [0.15, 0.2) is 17.0 Å². The second-order valence-corrected chi connectivity index (χ2v) is 7.20. The van der Waals surface area contributed by atoms with E-state index < -0.39 is 15.0 Å². The van der Waals surface area contributed by atoms with Crippen molar-refractivity contribution in [3.05, 3.63) is 23.3 Å². The molecule has 0 atom stereocenters. The molecule has 6 nitrogen and oxygen atoms in total. The summed E-state index contributed by atoms with van der Waals surface area (Å²) in [5, 5.41) is 8.55. The van der Waals surface area contributed by atoms with E-state index in [9.17, 15) is 18.0 Å². The normalized spacial score (nSPS) is 13.6. The van der Waals surface area contributed by atoms with Crippen LogP contribution in [0.5, 0.6) is 5.75 Å². The monoisotopic (exact) mass is 332 g/mol. The summed E-state index contributed by atoms with van der Waals surface area (Å²) in [4.78, 5) is 22.3. The number of aliphatic carboxylic acids is 1. The number of Topliss-reactive ketones (excluding diaryl/α,β-unsaturated/α-hetero) is 1. The van der Waals surface area contributed by atoms with Crippen LogP contribution >= 0.6 is 10.7 Å². The van der Waals surface area contributed by atoms with E-state index in [0.717, 1.165) is 0 Å². The number of fused-ring (bicyclic) bond motifs is 1. The van der Waals surface area contributed by atoms with Crippen molar-refractivity contribution in [1.82, 2.24) is 0 Å². The third-order valence-electron chi connectivity index (χ3n) is 3.13. The average molecular weight is 333 g/mol. The van der Waals surface area contributed by atoms with Crippen LogP contribution < -0.4 is 4.74 Å². The Labute approximate surface area is 126 Å². The minimum Gasteiger partial charge on any atom is -0.492 e. The molecule has 21 heavy (non-hydrogen) atoms. The molecular weight excluding hydrogens is 320 g/mol. The molecule has 0 unspecified atom stereocenters. The van der Waals surface area contributed by atoms with Gasteiger partial charge in [0.2, 0.25) is 0 Å². The number of rotatable bonds is 6. The maximum absolute atomic E-state index is 12.0. The minimum absolute atomic E-state index is 0.0354. The fourth-order valence-electron chi connectivity index (χ4n) is 2.16. The summed E-state index contributed by atoms with van der Waals surface area (Å²) < 4.78 is 28.4. The van der Waals surface area contributed by atoms with Gasteiger partial charge in [0.25, 0.3) is 9.05 Å². The highest BCUT2D eigenvalue weighted by Gasteiger charge is 2.26. The number of carboxylic acids is 1. The maximum Gasteiger partial charge on any atom is 0.303 e. The van der Waals surface area contributed by atoms with Crippen molar-refractivity contribution in [3.8, 4) is 5.75 Å². The zero-order chi connectivity index (χ0) is 15.6. The Morgan fingerprint density at radius 3 is 2.62 bits per heavy atom. The summed E-state index contributed by atoms with van der Waals surface area (Å²) in [5.41, 5.74) is 0.835. The Morgan fingerprint density at radius 1 is 1.29 bits per heavy atom. The largest absolute Gasteiger partial charge is 0.492 e. The molecule has 8 heteroatoms. The molecule has 1 aliphatic heterocycles. The van der Waals surface area contributed by atoms with E-state index in [4.69, 9.17) is 20.5 Å². The molecule has 1 aliphatic rings. The molecule has 0 radical (unpaired) electrons. The third kappa shape index (κ3) is 3.74. The van der Waals surface area contributed by atoms with Crippen molar-refractivity contribution in [3.63, 3.8) is 0 Å². The zero-order valence-corrected chi connectivity index (χ0v) is 12.5. The fourth-order valence-corrected chi connectivity index (χ4v) is 3.18. The summed E-state index contributed by atoms with van der Waals surface area (Å²) in [6.07, 6.45) is 0.629. The number of carboxylic acid groups (broad SMARTS) is 1. The van der Waals surface area contributed by atoms with Crippen LogP contribution in [-0.4, -0.2) is 31.9 Å². The van der Waals surface area contributed by atoms with Gasteiger partial charge in [0.1, 0.15) is 10.6 Å². The lowest BCUT2D eigenvalue weighted by Crippen LogP contribution is -2.04. The van der Waals surface area contributed by atoms with Gasteiger partial charge in [-0.1, -0.05) is 0 Å². The first-order valence-electron chi connectivity index (χ1n) is 6.28. The van der Waals surface area contributed by atoms with Crippen molar-refractivity contribution >= 4 is 31.5 Å². The fraction of sp³-hybridized carbons (Fsp3) is 0.385. The van der Waals surface area contributed by atoms with Crippen LogP contribution in [0.25, 0.3) is 0 Å². The number of hydrogen-bond acceptors (Lipinski definition) is 5. The number of hydrogen-bond donors (Lipinski definition) is 1. The van der Waals surface area contributed by atoms with Gasteiger partial charge in [0, 0.05) is 35.5 Å². The number of ether oxygens (including phenoxy) is 1. The van der Waals surface area contributed by atoms with Crippen LogP contribution in [-0.2, 0) is 20.3 Å². The molecule has 1 heterocycles. The van der Waals surface area contributed by atoms with E-state index in [2.05, 4.69) is 0 Å². The zero-order valence-electron chi connectivity index (χ0n) is 11.0. The summed E-state index contributed by atoms with van der Waals surface area (Å²) in [6.45, 7) is 0.339. The lowest BCUT2D eigenvalue weighted by molar-refractivity contribution is -0.137. The van der Waals surface area contributed by atoms with Gasteiger partial charge in [-0.05, 0) is 24.1 Å². The van der Waals surface area contributed by atoms with Crippen LogP contribution in [0.3, 0.4) is 0 Å². The molecule has 2 rings (SSSR count). The second-order valence-electron chi connectivity index (χ2n) is 4.67. The molecule has 1 aromatic carbocycles. The van der Waals surface area contributed by atoms with Crippen LogP contribution in [0.4, 0.5) is 0 Å². The van der Waals surface area contributed by atoms with Crippen molar-refractivity contribution < 1.29 is 27.9 Å². The summed E-state index contributed by atoms with van der Waals surface area (Å²) in [7, 11) is 1.35. The molecule has 1 aromatic rings. The van der Waals surface area contributed by atoms with Crippen molar-refractivity contribution in [2.24, 2.45) is 0 Å². The van der Waals surface area contributed by atoms with E-state index in [0.29, 0.717) is 18.6 Å². The topological polar surface area (TPSA) is 97.7 Å². The minimum atomic E-state index is -4.02. The highest BCUT2D eigenvalue weighted by molar-refractivity contribution is 8.13. The SMILES string of the molecule is O=C(O)CCCC(=O)c1cc2c(c(S(=O)(=O)Cl)c1)OCC2. The second kappa shape index (κ2) is 6.03. The van der Waals surface area contributed by atoms with Gasteiger partial charge in [0.05, 0.1) is 6.61 Å². The number of carbonyl (C=O) groups excluding carboxylic acids is 1. The van der Waals surface area contributed by atoms with E-state index >= 15 is 0 Å². The molecule has 1 N–H and O–H groups in total. The Bertz CT molecular complexity index is 695. The van der Waals surface area contributed by atoms with E-state index in [1.165, 1.54) is 6.07 Å². The first-order valence-corrected chi connectivity index (χ1v) is 8.59. The summed E-state index contributed by atoms with van der Waals surface area (Å²) >= 11 is 0. The van der Waals surface area contributed by atoms with Crippen LogP contribution in [0, 0.1) is 0 Å². The number of ketones is 1. The first kappa shape index (κ1) is 15.8. The third-order valence-corrected chi connectivity index (χ3v) is 4.46. The summed E-state index contributed by atoms with van der Waals surface area (Å²) in [6, 6.07) is 2.77. The first-order chi connectivity index (χ1) is 9.79.